The number of rotatable bonds is 4. The van der Waals surface area contributed by atoms with Gasteiger partial charge in [0.2, 0.25) is 0 Å². The minimum atomic E-state index is -0.114. The van der Waals surface area contributed by atoms with Crippen LogP contribution in [0, 0.1) is 5.92 Å². The zero-order valence-electron chi connectivity index (χ0n) is 11.4. The standard InChI is InChI=1S/C13H20N4O2S/c14-11-10(12(18)15-7-9-3-6-19-8-9)20-13(16-11)17-4-1-2-5-17/h9H,1-8,14H2,(H,15,18). The SMILES string of the molecule is Nc1nc(N2CCCC2)sc1C(=O)NCC1CCOC1. The van der Waals surface area contributed by atoms with Gasteiger partial charge in [-0.15, -0.1) is 0 Å². The summed E-state index contributed by atoms with van der Waals surface area (Å²) in [6.07, 6.45) is 3.38. The van der Waals surface area contributed by atoms with Crippen LogP contribution in [-0.2, 0) is 4.74 Å². The van der Waals surface area contributed by atoms with Crippen molar-refractivity contribution in [2.45, 2.75) is 19.3 Å². The van der Waals surface area contributed by atoms with E-state index in [9.17, 15) is 4.79 Å². The number of carbonyl (C=O) groups is 1. The maximum Gasteiger partial charge on any atom is 0.265 e. The van der Waals surface area contributed by atoms with E-state index in [-0.39, 0.29) is 5.91 Å². The van der Waals surface area contributed by atoms with E-state index in [0.29, 0.717) is 23.2 Å². The second-order valence-electron chi connectivity index (χ2n) is 5.34. The molecule has 110 valence electrons. The maximum atomic E-state index is 12.2. The largest absolute Gasteiger partial charge is 0.382 e. The van der Waals surface area contributed by atoms with Crippen molar-refractivity contribution < 1.29 is 9.53 Å². The molecule has 6 nitrogen and oxygen atoms in total. The monoisotopic (exact) mass is 296 g/mol. The van der Waals surface area contributed by atoms with Crippen molar-refractivity contribution in [1.82, 2.24) is 10.3 Å². The van der Waals surface area contributed by atoms with E-state index in [1.807, 2.05) is 0 Å². The number of hydrogen-bond acceptors (Lipinski definition) is 6. The molecule has 0 aliphatic carbocycles. The molecule has 0 radical (unpaired) electrons. The number of ether oxygens (including phenoxy) is 1. The zero-order valence-corrected chi connectivity index (χ0v) is 12.2. The summed E-state index contributed by atoms with van der Waals surface area (Å²) in [5.41, 5.74) is 5.88. The summed E-state index contributed by atoms with van der Waals surface area (Å²) in [5, 5.41) is 3.81. The minimum Gasteiger partial charge on any atom is -0.382 e. The Kier molecular flexibility index (Phi) is 4.07. The molecule has 2 saturated heterocycles. The maximum absolute atomic E-state index is 12.2. The Morgan fingerprint density at radius 1 is 1.50 bits per heavy atom. The van der Waals surface area contributed by atoms with E-state index in [4.69, 9.17) is 10.5 Å². The van der Waals surface area contributed by atoms with Gasteiger partial charge in [-0.05, 0) is 19.3 Å². The quantitative estimate of drug-likeness (QED) is 0.869. The van der Waals surface area contributed by atoms with Gasteiger partial charge in [-0.3, -0.25) is 4.79 Å². The molecule has 2 aliphatic rings. The average molecular weight is 296 g/mol. The lowest BCUT2D eigenvalue weighted by atomic mass is 10.1. The highest BCUT2D eigenvalue weighted by atomic mass is 32.1. The molecule has 20 heavy (non-hydrogen) atoms. The number of amides is 1. The number of carbonyl (C=O) groups excluding carboxylic acids is 1. The number of anilines is 2. The predicted molar refractivity (Wildman–Crippen MR) is 79.2 cm³/mol. The first-order valence-electron chi connectivity index (χ1n) is 7.11. The predicted octanol–water partition coefficient (Wildman–Crippen LogP) is 1.09. The van der Waals surface area contributed by atoms with E-state index >= 15 is 0 Å². The normalized spacial score (nSPS) is 22.4. The molecule has 7 heteroatoms. The van der Waals surface area contributed by atoms with Crippen molar-refractivity contribution in [3.63, 3.8) is 0 Å². The van der Waals surface area contributed by atoms with E-state index < -0.39 is 0 Å². The van der Waals surface area contributed by atoms with Gasteiger partial charge in [0.1, 0.15) is 10.7 Å². The highest BCUT2D eigenvalue weighted by molar-refractivity contribution is 7.18. The van der Waals surface area contributed by atoms with Crippen molar-refractivity contribution in [1.29, 1.82) is 0 Å². The van der Waals surface area contributed by atoms with E-state index in [1.54, 1.807) is 0 Å². The fourth-order valence-electron chi connectivity index (χ4n) is 2.59. The molecular weight excluding hydrogens is 276 g/mol. The Morgan fingerprint density at radius 3 is 3.00 bits per heavy atom. The average Bonchev–Trinajstić information content (AvgIpc) is 3.17. The summed E-state index contributed by atoms with van der Waals surface area (Å²) in [7, 11) is 0. The first kappa shape index (κ1) is 13.6. The fraction of sp³-hybridized carbons (Fsp3) is 0.692. The van der Waals surface area contributed by atoms with E-state index in [0.717, 1.165) is 37.9 Å². The van der Waals surface area contributed by atoms with Crippen LogP contribution in [-0.4, -0.2) is 43.7 Å². The van der Waals surface area contributed by atoms with Crippen molar-refractivity contribution >= 4 is 28.2 Å². The molecule has 0 aromatic carbocycles. The lowest BCUT2D eigenvalue weighted by Gasteiger charge is -2.12. The Hall–Kier alpha value is -1.34. The second kappa shape index (κ2) is 5.97. The molecule has 0 saturated carbocycles. The smallest absolute Gasteiger partial charge is 0.265 e. The Morgan fingerprint density at radius 2 is 2.30 bits per heavy atom. The number of nitrogens with one attached hydrogen (secondary N) is 1. The number of nitrogen functional groups attached to an aromatic ring is 1. The van der Waals surface area contributed by atoms with Gasteiger partial charge < -0.3 is 20.7 Å². The summed E-state index contributed by atoms with van der Waals surface area (Å²) in [6, 6.07) is 0. The van der Waals surface area contributed by atoms with E-state index in [2.05, 4.69) is 15.2 Å². The molecule has 3 rings (SSSR count). The number of aromatic nitrogens is 1. The van der Waals surface area contributed by atoms with Gasteiger partial charge in [-0.25, -0.2) is 4.98 Å². The van der Waals surface area contributed by atoms with Gasteiger partial charge in [0.15, 0.2) is 5.13 Å². The Bertz CT molecular complexity index is 479. The van der Waals surface area contributed by atoms with Crippen LogP contribution < -0.4 is 16.0 Å². The van der Waals surface area contributed by atoms with Crippen LogP contribution in [0.1, 0.15) is 28.9 Å². The number of nitrogens with zero attached hydrogens (tertiary/aromatic N) is 2. The topological polar surface area (TPSA) is 80.5 Å². The van der Waals surface area contributed by atoms with Crippen LogP contribution in [0.2, 0.25) is 0 Å². The van der Waals surface area contributed by atoms with Crippen LogP contribution in [0.15, 0.2) is 0 Å². The van der Waals surface area contributed by atoms with Crippen molar-refractivity contribution in [3.05, 3.63) is 4.88 Å². The van der Waals surface area contributed by atoms with Gasteiger partial charge in [0.25, 0.3) is 5.91 Å². The number of thiazole rings is 1. The Labute approximate surface area is 122 Å². The molecular formula is C13H20N4O2S. The van der Waals surface area contributed by atoms with Gasteiger partial charge >= 0.3 is 0 Å². The zero-order chi connectivity index (χ0) is 13.9. The van der Waals surface area contributed by atoms with Crippen LogP contribution in [0.5, 0.6) is 0 Å². The molecule has 1 aromatic rings. The molecule has 2 aliphatic heterocycles. The van der Waals surface area contributed by atoms with Gasteiger partial charge in [-0.1, -0.05) is 11.3 Å². The third-order valence-corrected chi connectivity index (χ3v) is 4.93. The molecule has 3 heterocycles. The highest BCUT2D eigenvalue weighted by Gasteiger charge is 2.23. The fourth-order valence-corrected chi connectivity index (χ4v) is 3.54. The summed E-state index contributed by atoms with van der Waals surface area (Å²) < 4.78 is 5.30. The summed E-state index contributed by atoms with van der Waals surface area (Å²) in [6.45, 7) is 4.19. The molecule has 1 unspecified atom stereocenters. The summed E-state index contributed by atoms with van der Waals surface area (Å²) >= 11 is 1.39. The molecule has 3 N–H and O–H groups in total. The van der Waals surface area contributed by atoms with Crippen molar-refractivity contribution in [3.8, 4) is 0 Å². The van der Waals surface area contributed by atoms with Gasteiger partial charge in [0.05, 0.1) is 6.61 Å². The highest BCUT2D eigenvalue weighted by Crippen LogP contribution is 2.30. The molecule has 0 bridgehead atoms. The third-order valence-electron chi connectivity index (χ3n) is 3.80. The van der Waals surface area contributed by atoms with Gasteiger partial charge in [0, 0.05) is 32.2 Å². The Balaban J connectivity index is 1.61. The summed E-state index contributed by atoms with van der Waals surface area (Å²) in [5.74, 6) is 0.653. The first-order chi connectivity index (χ1) is 9.74. The van der Waals surface area contributed by atoms with Crippen LogP contribution >= 0.6 is 11.3 Å². The van der Waals surface area contributed by atoms with E-state index in [1.165, 1.54) is 24.2 Å². The second-order valence-corrected chi connectivity index (χ2v) is 6.32. The van der Waals surface area contributed by atoms with Gasteiger partial charge in [-0.2, -0.15) is 0 Å². The number of hydrogen-bond donors (Lipinski definition) is 2. The van der Waals surface area contributed by atoms with Crippen LogP contribution in [0.3, 0.4) is 0 Å². The molecule has 1 atom stereocenters. The number of nitrogens with two attached hydrogens (primary N) is 1. The summed E-state index contributed by atoms with van der Waals surface area (Å²) in [4.78, 5) is 19.2. The molecule has 1 amide bonds. The van der Waals surface area contributed by atoms with Crippen molar-refractivity contribution in [2.75, 3.05) is 43.5 Å². The minimum absolute atomic E-state index is 0.114. The first-order valence-corrected chi connectivity index (χ1v) is 7.93. The molecule has 0 spiro atoms. The lowest BCUT2D eigenvalue weighted by Crippen LogP contribution is -2.29. The lowest BCUT2D eigenvalue weighted by molar-refractivity contribution is 0.0949. The molecule has 2 fully saturated rings. The van der Waals surface area contributed by atoms with Crippen molar-refractivity contribution in [2.24, 2.45) is 5.92 Å². The molecule has 1 aromatic heterocycles. The van der Waals surface area contributed by atoms with Crippen LogP contribution in [0.25, 0.3) is 0 Å². The van der Waals surface area contributed by atoms with Crippen LogP contribution in [0.4, 0.5) is 10.9 Å². The third kappa shape index (κ3) is 2.88.